The van der Waals surface area contributed by atoms with Crippen LogP contribution in [0.4, 0.5) is 0 Å². The number of carbonyl (C=O) groups excluding carboxylic acids is 2. The smallest absolute Gasteiger partial charge is 0.271 e. The van der Waals surface area contributed by atoms with Crippen molar-refractivity contribution in [3.05, 3.63) is 36.2 Å². The number of rotatable bonds is 6. The van der Waals surface area contributed by atoms with Gasteiger partial charge >= 0.3 is 0 Å². The lowest BCUT2D eigenvalue weighted by Gasteiger charge is -2.45. The normalized spacial score (nSPS) is 26.5. The summed E-state index contributed by atoms with van der Waals surface area (Å²) in [5.74, 6) is 1.31. The third-order valence-corrected chi connectivity index (χ3v) is 6.86. The minimum Gasteiger partial charge on any atom is -0.463 e. The van der Waals surface area contributed by atoms with Crippen molar-refractivity contribution in [1.29, 1.82) is 0 Å². The molecule has 1 fully saturated rings. The Labute approximate surface area is 178 Å². The molecule has 2 aromatic heterocycles. The molecule has 2 aliphatic rings. The molecule has 4 rings (SSSR count). The van der Waals surface area contributed by atoms with Crippen molar-refractivity contribution in [1.82, 2.24) is 14.8 Å². The zero-order valence-corrected chi connectivity index (χ0v) is 18.3. The van der Waals surface area contributed by atoms with Crippen LogP contribution in [0.15, 0.2) is 34.9 Å². The van der Waals surface area contributed by atoms with Gasteiger partial charge < -0.3 is 19.2 Å². The third kappa shape index (κ3) is 3.68. The second kappa shape index (κ2) is 8.32. The van der Waals surface area contributed by atoms with E-state index in [0.717, 1.165) is 50.1 Å². The molecule has 0 bridgehead atoms. The first-order chi connectivity index (χ1) is 14.4. The van der Waals surface area contributed by atoms with Crippen LogP contribution in [-0.2, 0) is 11.3 Å². The van der Waals surface area contributed by atoms with Gasteiger partial charge in [0.15, 0.2) is 0 Å². The van der Waals surface area contributed by atoms with E-state index in [-0.39, 0.29) is 17.9 Å². The number of nitrogens with zero attached hydrogens (tertiary/aromatic N) is 2. The number of fused-ring (bicyclic) bond motifs is 1. The lowest BCUT2D eigenvalue weighted by atomic mass is 9.86. The van der Waals surface area contributed by atoms with Crippen LogP contribution in [0.25, 0.3) is 11.5 Å². The molecule has 1 N–H and O–H groups in total. The second-order valence-corrected chi connectivity index (χ2v) is 9.18. The van der Waals surface area contributed by atoms with Crippen LogP contribution < -0.4 is 5.32 Å². The van der Waals surface area contributed by atoms with Gasteiger partial charge in [0.05, 0.1) is 18.5 Å². The number of nitrogens with one attached hydrogen (secondary N) is 1. The Morgan fingerprint density at radius 1 is 1.20 bits per heavy atom. The largest absolute Gasteiger partial charge is 0.463 e. The van der Waals surface area contributed by atoms with Crippen LogP contribution in [0.3, 0.4) is 0 Å². The Hall–Kier alpha value is -2.50. The number of carbonyl (C=O) groups is 2. The SMILES string of the molecule is CCCCN1C(=O)c2ccc(-c3ccco3)n2CC1(C)C(=O)NC1CCC(C)CC1. The molecule has 1 atom stereocenters. The molecular formula is C24H33N3O3. The van der Waals surface area contributed by atoms with Crippen molar-refractivity contribution in [2.24, 2.45) is 5.92 Å². The zero-order chi connectivity index (χ0) is 21.3. The summed E-state index contributed by atoms with van der Waals surface area (Å²) in [7, 11) is 0. The summed E-state index contributed by atoms with van der Waals surface area (Å²) in [5.41, 5.74) is 0.529. The minimum absolute atomic E-state index is 0.0451. The van der Waals surface area contributed by atoms with Crippen LogP contribution >= 0.6 is 0 Å². The number of hydrogen-bond acceptors (Lipinski definition) is 3. The van der Waals surface area contributed by atoms with Gasteiger partial charge in [-0.3, -0.25) is 9.59 Å². The lowest BCUT2D eigenvalue weighted by molar-refractivity contribution is -0.133. The summed E-state index contributed by atoms with van der Waals surface area (Å²) >= 11 is 0. The monoisotopic (exact) mass is 411 g/mol. The first kappa shape index (κ1) is 20.8. The Morgan fingerprint density at radius 2 is 1.93 bits per heavy atom. The summed E-state index contributed by atoms with van der Waals surface area (Å²) < 4.78 is 7.54. The molecule has 6 heteroatoms. The molecule has 0 aromatic carbocycles. The number of furan rings is 1. The van der Waals surface area contributed by atoms with E-state index in [0.29, 0.717) is 24.5 Å². The maximum atomic E-state index is 13.6. The van der Waals surface area contributed by atoms with Gasteiger partial charge in [0.25, 0.3) is 5.91 Å². The van der Waals surface area contributed by atoms with E-state index in [9.17, 15) is 9.59 Å². The first-order valence-corrected chi connectivity index (χ1v) is 11.3. The van der Waals surface area contributed by atoms with Crippen LogP contribution in [-0.4, -0.2) is 39.4 Å². The number of unbranched alkanes of at least 4 members (excludes halogenated alkanes) is 1. The summed E-state index contributed by atoms with van der Waals surface area (Å²) in [5, 5.41) is 3.28. The van der Waals surface area contributed by atoms with Gasteiger partial charge in [0.1, 0.15) is 17.0 Å². The molecule has 1 aliphatic carbocycles. The van der Waals surface area contributed by atoms with E-state index in [1.54, 1.807) is 11.2 Å². The fourth-order valence-electron chi connectivity index (χ4n) is 4.82. The molecule has 2 aromatic rings. The van der Waals surface area contributed by atoms with Crippen molar-refractivity contribution in [3.8, 4) is 11.5 Å². The molecule has 3 heterocycles. The van der Waals surface area contributed by atoms with Crippen molar-refractivity contribution in [2.75, 3.05) is 6.54 Å². The highest BCUT2D eigenvalue weighted by Gasteiger charge is 2.48. The van der Waals surface area contributed by atoms with Crippen LogP contribution in [0.1, 0.15) is 69.8 Å². The summed E-state index contributed by atoms with van der Waals surface area (Å²) in [6.45, 7) is 7.30. The number of hydrogen-bond donors (Lipinski definition) is 1. The quantitative estimate of drug-likeness (QED) is 0.763. The Morgan fingerprint density at radius 3 is 2.60 bits per heavy atom. The van der Waals surface area contributed by atoms with E-state index in [1.807, 2.05) is 35.8 Å². The molecule has 0 spiro atoms. The molecule has 6 nitrogen and oxygen atoms in total. The van der Waals surface area contributed by atoms with E-state index >= 15 is 0 Å². The summed E-state index contributed by atoms with van der Waals surface area (Å²) in [4.78, 5) is 28.8. The second-order valence-electron chi connectivity index (χ2n) is 9.18. The summed E-state index contributed by atoms with van der Waals surface area (Å²) in [6, 6.07) is 7.68. The van der Waals surface area contributed by atoms with Crippen LogP contribution in [0.5, 0.6) is 0 Å². The highest BCUT2D eigenvalue weighted by atomic mass is 16.3. The maximum absolute atomic E-state index is 13.6. The number of aromatic nitrogens is 1. The third-order valence-electron chi connectivity index (χ3n) is 6.86. The van der Waals surface area contributed by atoms with Crippen molar-refractivity contribution in [3.63, 3.8) is 0 Å². The average molecular weight is 412 g/mol. The van der Waals surface area contributed by atoms with Gasteiger partial charge in [0, 0.05) is 12.6 Å². The Kier molecular flexibility index (Phi) is 5.76. The standard InChI is InChI=1S/C24H33N3O3/c1-4-5-14-27-22(28)20-13-12-19(21-7-6-15-30-21)26(20)16-24(27,3)23(29)25-18-10-8-17(2)9-11-18/h6-7,12-13,15,17-18H,4-5,8-11,14,16H2,1-3H3,(H,25,29). The highest BCUT2D eigenvalue weighted by molar-refractivity contribution is 6.00. The molecular weight excluding hydrogens is 378 g/mol. The molecule has 1 unspecified atom stereocenters. The minimum atomic E-state index is -0.928. The van der Waals surface area contributed by atoms with Crippen LogP contribution in [0.2, 0.25) is 0 Å². The molecule has 1 aliphatic heterocycles. The van der Waals surface area contributed by atoms with Crippen molar-refractivity contribution in [2.45, 2.75) is 77.4 Å². The predicted molar refractivity (Wildman–Crippen MR) is 116 cm³/mol. The van der Waals surface area contributed by atoms with Gasteiger partial charge in [-0.2, -0.15) is 0 Å². The maximum Gasteiger partial charge on any atom is 0.271 e. The molecule has 0 radical (unpaired) electrons. The van der Waals surface area contributed by atoms with Gasteiger partial charge in [0.2, 0.25) is 5.91 Å². The fourth-order valence-corrected chi connectivity index (χ4v) is 4.82. The van der Waals surface area contributed by atoms with Gasteiger partial charge in [-0.15, -0.1) is 0 Å². The Balaban J connectivity index is 1.65. The van der Waals surface area contributed by atoms with Gasteiger partial charge in [-0.05, 0) is 69.2 Å². The van der Waals surface area contributed by atoms with Crippen LogP contribution in [0, 0.1) is 5.92 Å². The molecule has 1 saturated carbocycles. The highest BCUT2D eigenvalue weighted by Crippen LogP contribution is 2.34. The fraction of sp³-hybridized carbons (Fsp3) is 0.583. The van der Waals surface area contributed by atoms with Gasteiger partial charge in [-0.1, -0.05) is 20.3 Å². The average Bonchev–Trinajstić information content (AvgIpc) is 3.39. The molecule has 30 heavy (non-hydrogen) atoms. The zero-order valence-electron chi connectivity index (χ0n) is 18.3. The van der Waals surface area contributed by atoms with E-state index in [2.05, 4.69) is 19.2 Å². The topological polar surface area (TPSA) is 67.5 Å². The van der Waals surface area contributed by atoms with Gasteiger partial charge in [-0.25, -0.2) is 0 Å². The Bertz CT molecular complexity index is 893. The van der Waals surface area contributed by atoms with E-state index < -0.39 is 5.54 Å². The summed E-state index contributed by atoms with van der Waals surface area (Å²) in [6.07, 6.45) is 7.79. The van der Waals surface area contributed by atoms with E-state index in [4.69, 9.17) is 4.42 Å². The molecule has 0 saturated heterocycles. The molecule has 162 valence electrons. The van der Waals surface area contributed by atoms with Crippen molar-refractivity contribution >= 4 is 11.8 Å². The first-order valence-electron chi connectivity index (χ1n) is 11.3. The number of amides is 2. The predicted octanol–water partition coefficient (Wildman–Crippen LogP) is 4.46. The van der Waals surface area contributed by atoms with Crippen molar-refractivity contribution < 1.29 is 14.0 Å². The molecule has 2 amide bonds. The van der Waals surface area contributed by atoms with E-state index in [1.165, 1.54) is 0 Å². The lowest BCUT2D eigenvalue weighted by Crippen LogP contribution is -2.65.